The van der Waals surface area contributed by atoms with Gasteiger partial charge in [-0.15, -0.1) is 0 Å². The van der Waals surface area contributed by atoms with E-state index in [2.05, 4.69) is 15.4 Å². The van der Waals surface area contributed by atoms with E-state index in [1.807, 2.05) is 25.1 Å². The zero-order chi connectivity index (χ0) is 21.7. The lowest BCUT2D eigenvalue weighted by atomic mass is 9.92. The lowest BCUT2D eigenvalue weighted by Gasteiger charge is -2.19. The number of aliphatic hydroxyl groups excluding tert-OH is 1. The molecule has 0 aliphatic heterocycles. The van der Waals surface area contributed by atoms with E-state index >= 15 is 0 Å². The van der Waals surface area contributed by atoms with Crippen LogP contribution >= 0.6 is 11.6 Å². The number of methoxy groups -OCH3 is 1. The first-order valence-corrected chi connectivity index (χ1v) is 10.2. The summed E-state index contributed by atoms with van der Waals surface area (Å²) in [4.78, 5) is 16.7. The number of aryl methyl sites for hydroxylation is 1. The third kappa shape index (κ3) is 4.49. The van der Waals surface area contributed by atoms with Crippen LogP contribution in [0, 0.1) is 0 Å². The van der Waals surface area contributed by atoms with Crippen LogP contribution in [-0.4, -0.2) is 39.5 Å². The van der Waals surface area contributed by atoms with Crippen molar-refractivity contribution >= 4 is 34.2 Å². The number of benzene rings is 1. The number of nitrogens with one attached hydrogen (secondary N) is 1. The van der Waals surface area contributed by atoms with Gasteiger partial charge in [0.25, 0.3) is 0 Å². The Hall–Kier alpha value is -2.84. The Morgan fingerprint density at radius 3 is 2.83 bits per heavy atom. The number of amides is 1. The molecule has 0 fully saturated rings. The van der Waals surface area contributed by atoms with Crippen molar-refractivity contribution in [1.82, 2.24) is 14.8 Å². The number of nitrogens with two attached hydrogens (primary N) is 1. The number of anilines is 1. The summed E-state index contributed by atoms with van der Waals surface area (Å²) < 4.78 is 7.00. The van der Waals surface area contributed by atoms with E-state index < -0.39 is 11.8 Å². The van der Waals surface area contributed by atoms with E-state index in [1.54, 1.807) is 24.2 Å². The maximum atomic E-state index is 12.2. The first kappa shape index (κ1) is 21.9. The molecule has 30 heavy (non-hydrogen) atoms. The van der Waals surface area contributed by atoms with Crippen LogP contribution in [0.4, 0.5) is 5.69 Å². The average molecular weight is 432 g/mol. The molecule has 0 spiro atoms. The van der Waals surface area contributed by atoms with Crippen LogP contribution in [0.5, 0.6) is 5.75 Å². The maximum absolute atomic E-state index is 12.2. The molecule has 2 heterocycles. The number of carbonyl (C=O) groups excluding carboxylic acids is 1. The number of aromatic nitrogens is 3. The summed E-state index contributed by atoms with van der Waals surface area (Å²) in [6.45, 7) is 3.12. The minimum atomic E-state index is -0.569. The molecule has 0 saturated carbocycles. The Kier molecular flexibility index (Phi) is 7.12. The fourth-order valence-corrected chi connectivity index (χ4v) is 3.77. The largest absolute Gasteiger partial charge is 0.495 e. The normalized spacial score (nSPS) is 12.1. The van der Waals surface area contributed by atoms with Crippen LogP contribution in [0.1, 0.15) is 36.8 Å². The molecule has 0 aliphatic carbocycles. The van der Waals surface area contributed by atoms with Gasteiger partial charge in [-0.05, 0) is 37.5 Å². The number of pyridine rings is 1. The predicted molar refractivity (Wildman–Crippen MR) is 117 cm³/mol. The molecule has 2 aromatic heterocycles. The monoisotopic (exact) mass is 431 g/mol. The molecule has 0 bridgehead atoms. The zero-order valence-corrected chi connectivity index (χ0v) is 17.8. The SMILES string of the molecule is CCn1ncc2c(NCc3ccc(OC)c(Cl)c3)c(C(CCCO)C(N)=O)cnc21. The van der Waals surface area contributed by atoms with Crippen molar-refractivity contribution in [2.24, 2.45) is 5.73 Å². The summed E-state index contributed by atoms with van der Waals surface area (Å²) in [5, 5.41) is 18.4. The number of rotatable bonds is 10. The molecule has 0 aliphatic rings. The molecular weight excluding hydrogens is 406 g/mol. The van der Waals surface area contributed by atoms with Gasteiger partial charge in [0, 0.05) is 31.5 Å². The van der Waals surface area contributed by atoms with Gasteiger partial charge in [-0.25, -0.2) is 9.67 Å². The van der Waals surface area contributed by atoms with Gasteiger partial charge in [-0.1, -0.05) is 17.7 Å². The number of ether oxygens (including phenoxy) is 1. The fraction of sp³-hybridized carbons (Fsp3) is 0.381. The first-order chi connectivity index (χ1) is 14.5. The van der Waals surface area contributed by atoms with Crippen molar-refractivity contribution in [2.75, 3.05) is 19.0 Å². The molecule has 1 atom stereocenters. The summed E-state index contributed by atoms with van der Waals surface area (Å²) in [5.41, 5.74) is 8.81. The highest BCUT2D eigenvalue weighted by atomic mass is 35.5. The molecule has 160 valence electrons. The van der Waals surface area contributed by atoms with Crippen molar-refractivity contribution in [2.45, 2.75) is 38.8 Å². The summed E-state index contributed by atoms with van der Waals surface area (Å²) >= 11 is 6.25. The van der Waals surface area contributed by atoms with Crippen molar-refractivity contribution in [3.05, 3.63) is 46.7 Å². The zero-order valence-electron chi connectivity index (χ0n) is 17.1. The molecule has 4 N–H and O–H groups in total. The molecule has 3 rings (SSSR count). The number of aliphatic hydroxyl groups is 1. The predicted octanol–water partition coefficient (Wildman–Crippen LogP) is 3.07. The molecule has 8 nitrogen and oxygen atoms in total. The van der Waals surface area contributed by atoms with E-state index in [1.165, 1.54) is 0 Å². The Labute approximate surface area is 180 Å². The number of hydrogen-bond donors (Lipinski definition) is 3. The Morgan fingerprint density at radius 1 is 1.40 bits per heavy atom. The summed E-state index contributed by atoms with van der Waals surface area (Å²) in [7, 11) is 1.57. The van der Waals surface area contributed by atoms with Gasteiger partial charge >= 0.3 is 0 Å². The van der Waals surface area contributed by atoms with Crippen LogP contribution in [0.15, 0.2) is 30.6 Å². The number of nitrogens with zero attached hydrogens (tertiary/aromatic N) is 3. The smallest absolute Gasteiger partial charge is 0.225 e. The third-order valence-electron chi connectivity index (χ3n) is 5.05. The summed E-state index contributed by atoms with van der Waals surface area (Å²) in [5.74, 6) is -0.418. The van der Waals surface area contributed by atoms with E-state index in [0.717, 1.165) is 22.3 Å². The highest BCUT2D eigenvalue weighted by molar-refractivity contribution is 6.32. The second-order valence-electron chi connectivity index (χ2n) is 6.93. The Balaban J connectivity index is 2.01. The minimum Gasteiger partial charge on any atom is -0.495 e. The first-order valence-electron chi connectivity index (χ1n) is 9.81. The highest BCUT2D eigenvalue weighted by Gasteiger charge is 2.24. The number of carbonyl (C=O) groups is 1. The standard InChI is InChI=1S/C21H26ClN5O3/c1-3-27-21-16(12-26-27)19(15(11-25-21)14(20(23)29)5-4-8-28)24-10-13-6-7-18(30-2)17(22)9-13/h6-7,9,11-12,14,28H,3-5,8,10H2,1-2H3,(H2,23,29)(H,24,25). The molecule has 1 amide bonds. The van der Waals surface area contributed by atoms with Gasteiger partial charge in [-0.2, -0.15) is 5.10 Å². The molecule has 1 aromatic carbocycles. The van der Waals surface area contributed by atoms with Crippen LogP contribution in [0.3, 0.4) is 0 Å². The average Bonchev–Trinajstić information content (AvgIpc) is 3.16. The fourth-order valence-electron chi connectivity index (χ4n) is 3.49. The summed E-state index contributed by atoms with van der Waals surface area (Å²) in [6, 6.07) is 5.56. The van der Waals surface area contributed by atoms with Crippen molar-refractivity contribution in [3.8, 4) is 5.75 Å². The molecule has 9 heteroatoms. The van der Waals surface area contributed by atoms with Crippen molar-refractivity contribution in [3.63, 3.8) is 0 Å². The summed E-state index contributed by atoms with van der Waals surface area (Å²) in [6.07, 6.45) is 4.31. The number of fused-ring (bicyclic) bond motifs is 1. The van der Waals surface area contributed by atoms with Gasteiger partial charge < -0.3 is 20.9 Å². The maximum Gasteiger partial charge on any atom is 0.225 e. The quantitative estimate of drug-likeness (QED) is 0.454. The van der Waals surface area contributed by atoms with Gasteiger partial charge in [0.05, 0.1) is 35.3 Å². The number of primary amides is 1. The Bertz CT molecular complexity index is 1040. The van der Waals surface area contributed by atoms with Crippen LogP contribution in [0.2, 0.25) is 5.02 Å². The van der Waals surface area contributed by atoms with E-state index in [4.69, 9.17) is 22.1 Å². The van der Waals surface area contributed by atoms with Gasteiger partial charge in [0.2, 0.25) is 5.91 Å². The third-order valence-corrected chi connectivity index (χ3v) is 5.35. The number of halogens is 1. The van der Waals surface area contributed by atoms with Crippen LogP contribution < -0.4 is 15.8 Å². The highest BCUT2D eigenvalue weighted by Crippen LogP contribution is 2.34. The lowest BCUT2D eigenvalue weighted by Crippen LogP contribution is -2.23. The van der Waals surface area contributed by atoms with Crippen LogP contribution in [0.25, 0.3) is 11.0 Å². The molecule has 0 saturated heterocycles. The van der Waals surface area contributed by atoms with Crippen LogP contribution in [-0.2, 0) is 17.9 Å². The van der Waals surface area contributed by atoms with Gasteiger partial charge in [0.1, 0.15) is 5.75 Å². The van der Waals surface area contributed by atoms with E-state index in [0.29, 0.717) is 42.3 Å². The molecule has 0 radical (unpaired) electrons. The topological polar surface area (TPSA) is 115 Å². The van der Waals surface area contributed by atoms with E-state index in [9.17, 15) is 9.90 Å². The van der Waals surface area contributed by atoms with Gasteiger partial charge in [0.15, 0.2) is 5.65 Å². The molecule has 1 unspecified atom stereocenters. The van der Waals surface area contributed by atoms with Gasteiger partial charge in [-0.3, -0.25) is 4.79 Å². The second kappa shape index (κ2) is 9.77. The minimum absolute atomic E-state index is 0.0136. The second-order valence-corrected chi connectivity index (χ2v) is 7.34. The number of hydrogen-bond acceptors (Lipinski definition) is 6. The molecule has 3 aromatic rings. The van der Waals surface area contributed by atoms with E-state index in [-0.39, 0.29) is 6.61 Å². The lowest BCUT2D eigenvalue weighted by molar-refractivity contribution is -0.119. The molecular formula is C21H26ClN5O3. The Morgan fingerprint density at radius 2 is 2.20 bits per heavy atom. The van der Waals surface area contributed by atoms with Crippen molar-refractivity contribution in [1.29, 1.82) is 0 Å². The van der Waals surface area contributed by atoms with Crippen molar-refractivity contribution < 1.29 is 14.6 Å².